The van der Waals surface area contributed by atoms with E-state index in [-0.39, 0.29) is 17.2 Å². The van der Waals surface area contributed by atoms with Crippen molar-refractivity contribution in [3.63, 3.8) is 0 Å². The molecule has 0 saturated carbocycles. The van der Waals surface area contributed by atoms with Gasteiger partial charge in [0.2, 0.25) is 5.91 Å². The molecular formula is C13H23N3OS. The average molecular weight is 269 g/mol. The molecule has 3 N–H and O–H groups in total. The first-order valence-electron chi connectivity index (χ1n) is 6.35. The molecule has 0 spiro atoms. The highest BCUT2D eigenvalue weighted by molar-refractivity contribution is 7.13. The molecule has 5 heteroatoms. The van der Waals surface area contributed by atoms with Crippen molar-refractivity contribution in [1.82, 2.24) is 4.98 Å². The number of nitrogens with two attached hydrogens (primary N) is 1. The standard InChI is InChI=1S/C13H23N3OS/c1-5-6-9(7-14)11(17)16-12-15-10(8-18-12)13(2,3)4/h8-9H,5-7,14H2,1-4H3,(H,15,16,17). The summed E-state index contributed by atoms with van der Waals surface area (Å²) in [4.78, 5) is 16.4. The van der Waals surface area contributed by atoms with E-state index in [0.29, 0.717) is 11.7 Å². The number of rotatable bonds is 5. The van der Waals surface area contributed by atoms with Crippen LogP contribution >= 0.6 is 11.3 Å². The van der Waals surface area contributed by atoms with E-state index in [1.54, 1.807) is 0 Å². The topological polar surface area (TPSA) is 68.0 Å². The lowest BCUT2D eigenvalue weighted by Crippen LogP contribution is -2.29. The molecule has 0 aromatic carbocycles. The Kier molecular flexibility index (Phi) is 5.28. The van der Waals surface area contributed by atoms with Gasteiger partial charge in [0.1, 0.15) is 0 Å². The lowest BCUT2D eigenvalue weighted by molar-refractivity contribution is -0.119. The quantitative estimate of drug-likeness (QED) is 0.863. The second-order valence-electron chi connectivity index (χ2n) is 5.50. The summed E-state index contributed by atoms with van der Waals surface area (Å²) in [7, 11) is 0. The summed E-state index contributed by atoms with van der Waals surface area (Å²) in [5.74, 6) is -0.133. The smallest absolute Gasteiger partial charge is 0.230 e. The van der Waals surface area contributed by atoms with Gasteiger partial charge in [-0.3, -0.25) is 4.79 Å². The number of carbonyl (C=O) groups excluding carboxylic acids is 1. The van der Waals surface area contributed by atoms with Crippen molar-refractivity contribution in [3.8, 4) is 0 Å². The van der Waals surface area contributed by atoms with Crippen molar-refractivity contribution in [1.29, 1.82) is 0 Å². The Hall–Kier alpha value is -0.940. The first-order valence-corrected chi connectivity index (χ1v) is 7.23. The molecule has 0 fully saturated rings. The number of carbonyl (C=O) groups is 1. The molecular weight excluding hydrogens is 246 g/mol. The fraction of sp³-hybridized carbons (Fsp3) is 0.692. The maximum absolute atomic E-state index is 12.0. The molecule has 0 radical (unpaired) electrons. The summed E-state index contributed by atoms with van der Waals surface area (Å²) in [6.07, 6.45) is 1.78. The molecule has 1 aromatic rings. The van der Waals surface area contributed by atoms with Gasteiger partial charge in [-0.2, -0.15) is 0 Å². The van der Waals surface area contributed by atoms with Crippen molar-refractivity contribution in [2.45, 2.75) is 46.0 Å². The molecule has 18 heavy (non-hydrogen) atoms. The maximum atomic E-state index is 12.0. The molecule has 0 aliphatic rings. The highest BCUT2D eigenvalue weighted by Crippen LogP contribution is 2.26. The highest BCUT2D eigenvalue weighted by atomic mass is 32.1. The van der Waals surface area contributed by atoms with Crippen LogP contribution in [-0.4, -0.2) is 17.4 Å². The molecule has 4 nitrogen and oxygen atoms in total. The second kappa shape index (κ2) is 6.29. The zero-order chi connectivity index (χ0) is 13.8. The predicted molar refractivity (Wildman–Crippen MR) is 76.9 cm³/mol. The molecule has 1 rings (SSSR count). The van der Waals surface area contributed by atoms with Crippen molar-refractivity contribution in [2.24, 2.45) is 11.7 Å². The third-order valence-corrected chi connectivity index (χ3v) is 3.55. The lowest BCUT2D eigenvalue weighted by Gasteiger charge is -2.14. The van der Waals surface area contributed by atoms with Crippen LogP contribution in [0.2, 0.25) is 0 Å². The van der Waals surface area contributed by atoms with Crippen LogP contribution in [0.15, 0.2) is 5.38 Å². The third-order valence-electron chi connectivity index (χ3n) is 2.80. The summed E-state index contributed by atoms with van der Waals surface area (Å²) in [5, 5.41) is 5.52. The molecule has 0 saturated heterocycles. The number of nitrogens with one attached hydrogen (secondary N) is 1. The van der Waals surface area contributed by atoms with Gasteiger partial charge in [-0.25, -0.2) is 4.98 Å². The van der Waals surface area contributed by atoms with Crippen molar-refractivity contribution in [3.05, 3.63) is 11.1 Å². The summed E-state index contributed by atoms with van der Waals surface area (Å²) >= 11 is 1.47. The number of hydrogen-bond donors (Lipinski definition) is 2. The molecule has 1 heterocycles. The molecule has 1 unspecified atom stereocenters. The van der Waals surface area contributed by atoms with Crippen molar-refractivity contribution < 1.29 is 4.79 Å². The molecule has 1 atom stereocenters. The zero-order valence-electron chi connectivity index (χ0n) is 11.6. The fourth-order valence-electron chi connectivity index (χ4n) is 1.59. The average Bonchev–Trinajstić information content (AvgIpc) is 2.73. The molecule has 1 amide bonds. The Morgan fingerprint density at radius 1 is 1.56 bits per heavy atom. The minimum absolute atomic E-state index is 0.0101. The van der Waals surface area contributed by atoms with Gasteiger partial charge in [-0.1, -0.05) is 34.1 Å². The van der Waals surface area contributed by atoms with Gasteiger partial charge < -0.3 is 11.1 Å². The number of thiazole rings is 1. The van der Waals surface area contributed by atoms with Gasteiger partial charge in [-0.15, -0.1) is 11.3 Å². The van der Waals surface area contributed by atoms with E-state index in [1.807, 2.05) is 5.38 Å². The SMILES string of the molecule is CCCC(CN)C(=O)Nc1nc(C(C)(C)C)cs1. The van der Waals surface area contributed by atoms with Crippen LogP contribution < -0.4 is 11.1 Å². The summed E-state index contributed by atoms with van der Waals surface area (Å²) in [6.45, 7) is 8.75. The minimum atomic E-state index is -0.114. The number of amides is 1. The second-order valence-corrected chi connectivity index (χ2v) is 6.36. The fourth-order valence-corrected chi connectivity index (χ4v) is 2.53. The van der Waals surface area contributed by atoms with E-state index >= 15 is 0 Å². The van der Waals surface area contributed by atoms with Gasteiger partial charge >= 0.3 is 0 Å². The Balaban J connectivity index is 2.67. The number of hydrogen-bond acceptors (Lipinski definition) is 4. The van der Waals surface area contributed by atoms with Crippen molar-refractivity contribution in [2.75, 3.05) is 11.9 Å². The molecule has 0 bridgehead atoms. The van der Waals surface area contributed by atoms with E-state index in [4.69, 9.17) is 5.73 Å². The van der Waals surface area contributed by atoms with E-state index in [0.717, 1.165) is 18.5 Å². The first kappa shape index (κ1) is 15.1. The largest absolute Gasteiger partial charge is 0.330 e. The van der Waals surface area contributed by atoms with Crippen LogP contribution in [0.5, 0.6) is 0 Å². The first-order chi connectivity index (χ1) is 8.38. The Bertz CT molecular complexity index is 395. The summed E-state index contributed by atoms with van der Waals surface area (Å²) < 4.78 is 0. The van der Waals surface area contributed by atoms with E-state index in [9.17, 15) is 4.79 Å². The van der Waals surface area contributed by atoms with E-state index in [2.05, 4.69) is 38.0 Å². The molecule has 0 aliphatic heterocycles. The van der Waals surface area contributed by atoms with Gasteiger partial charge in [0.25, 0.3) is 0 Å². The van der Waals surface area contributed by atoms with Gasteiger partial charge in [0.05, 0.1) is 11.6 Å². The molecule has 1 aromatic heterocycles. The number of nitrogens with zero attached hydrogens (tertiary/aromatic N) is 1. The van der Waals surface area contributed by atoms with Crippen molar-refractivity contribution >= 4 is 22.4 Å². The highest BCUT2D eigenvalue weighted by Gasteiger charge is 2.20. The zero-order valence-corrected chi connectivity index (χ0v) is 12.4. The van der Waals surface area contributed by atoms with Crippen LogP contribution in [-0.2, 0) is 10.2 Å². The Morgan fingerprint density at radius 2 is 2.22 bits per heavy atom. The lowest BCUT2D eigenvalue weighted by atomic mass is 9.93. The monoisotopic (exact) mass is 269 g/mol. The summed E-state index contributed by atoms with van der Waals surface area (Å²) in [6, 6.07) is 0. The summed E-state index contributed by atoms with van der Waals surface area (Å²) in [5.41, 5.74) is 6.62. The van der Waals surface area contributed by atoms with Crippen LogP contribution in [0, 0.1) is 5.92 Å². The van der Waals surface area contributed by atoms with E-state index < -0.39 is 0 Å². The van der Waals surface area contributed by atoms with Gasteiger partial charge in [-0.05, 0) is 6.42 Å². The van der Waals surface area contributed by atoms with Crippen LogP contribution in [0.1, 0.15) is 46.2 Å². The van der Waals surface area contributed by atoms with E-state index in [1.165, 1.54) is 11.3 Å². The van der Waals surface area contributed by atoms with Gasteiger partial charge in [0.15, 0.2) is 5.13 Å². The normalized spacial score (nSPS) is 13.4. The maximum Gasteiger partial charge on any atom is 0.230 e. The third kappa shape index (κ3) is 4.07. The Morgan fingerprint density at radius 3 is 2.67 bits per heavy atom. The van der Waals surface area contributed by atoms with Crippen LogP contribution in [0.25, 0.3) is 0 Å². The predicted octanol–water partition coefficient (Wildman–Crippen LogP) is 2.75. The van der Waals surface area contributed by atoms with Gasteiger partial charge in [0, 0.05) is 17.3 Å². The number of anilines is 1. The number of aromatic nitrogens is 1. The Labute approximate surface area is 113 Å². The molecule has 102 valence electrons. The molecule has 0 aliphatic carbocycles. The minimum Gasteiger partial charge on any atom is -0.330 e. The van der Waals surface area contributed by atoms with Crippen LogP contribution in [0.4, 0.5) is 5.13 Å². The van der Waals surface area contributed by atoms with Crippen LogP contribution in [0.3, 0.4) is 0 Å².